The zero-order valence-corrected chi connectivity index (χ0v) is 11.6. The molecule has 0 amide bonds. The lowest BCUT2D eigenvalue weighted by molar-refractivity contribution is 0.114. The number of benzene rings is 1. The van der Waals surface area contributed by atoms with Crippen molar-refractivity contribution in [1.82, 2.24) is 4.72 Å². The molecule has 1 saturated heterocycles. The summed E-state index contributed by atoms with van der Waals surface area (Å²) < 4.78 is 32.6. The molecule has 0 spiro atoms. The van der Waals surface area contributed by atoms with Gasteiger partial charge >= 0.3 is 0 Å². The summed E-state index contributed by atoms with van der Waals surface area (Å²) in [6.45, 7) is 1.07. The largest absolute Gasteiger partial charge is 0.377 e. The molecule has 0 unspecified atom stereocenters. The zero-order valence-electron chi connectivity index (χ0n) is 9.23. The Morgan fingerprint density at radius 3 is 2.65 bits per heavy atom. The van der Waals surface area contributed by atoms with Crippen LogP contribution < -0.4 is 4.72 Å². The summed E-state index contributed by atoms with van der Waals surface area (Å²) in [7, 11) is -3.42. The zero-order chi connectivity index (χ0) is 12.3. The van der Waals surface area contributed by atoms with E-state index >= 15 is 0 Å². The lowest BCUT2D eigenvalue weighted by Gasteiger charge is -2.11. The highest BCUT2D eigenvalue weighted by atomic mass is 79.9. The van der Waals surface area contributed by atoms with E-state index in [2.05, 4.69) is 20.7 Å². The minimum atomic E-state index is -3.42. The summed E-state index contributed by atoms with van der Waals surface area (Å²) in [6.07, 6.45) is 1.94. The van der Waals surface area contributed by atoms with Gasteiger partial charge in [0.2, 0.25) is 10.0 Å². The van der Waals surface area contributed by atoms with Crippen molar-refractivity contribution in [1.29, 1.82) is 0 Å². The molecule has 0 radical (unpaired) electrons. The van der Waals surface area contributed by atoms with Crippen molar-refractivity contribution in [3.8, 4) is 0 Å². The second kappa shape index (κ2) is 5.48. The third kappa shape index (κ3) is 3.51. The van der Waals surface area contributed by atoms with Crippen LogP contribution in [-0.4, -0.2) is 27.7 Å². The second-order valence-corrected chi connectivity index (χ2v) is 6.62. The van der Waals surface area contributed by atoms with Crippen molar-refractivity contribution in [2.24, 2.45) is 0 Å². The quantitative estimate of drug-likeness (QED) is 0.922. The van der Waals surface area contributed by atoms with Gasteiger partial charge in [0.25, 0.3) is 0 Å². The van der Waals surface area contributed by atoms with Crippen LogP contribution in [0.15, 0.2) is 33.6 Å². The van der Waals surface area contributed by atoms with Gasteiger partial charge in [0, 0.05) is 17.6 Å². The predicted octanol–water partition coefficient (Wildman–Crippen LogP) is 1.91. The van der Waals surface area contributed by atoms with Gasteiger partial charge in [-0.1, -0.05) is 15.9 Å². The molecule has 1 aromatic carbocycles. The number of nitrogens with one attached hydrogen (secondary N) is 1. The van der Waals surface area contributed by atoms with Gasteiger partial charge in [-0.2, -0.15) is 0 Å². The SMILES string of the molecule is O=S(=O)(NC[C@H]1CCCO1)c1ccc(Br)cc1. The Labute approximate surface area is 110 Å². The highest BCUT2D eigenvalue weighted by Crippen LogP contribution is 2.15. The maximum Gasteiger partial charge on any atom is 0.240 e. The van der Waals surface area contributed by atoms with Crippen LogP contribution in [0.2, 0.25) is 0 Å². The lowest BCUT2D eigenvalue weighted by atomic mass is 10.2. The van der Waals surface area contributed by atoms with E-state index in [4.69, 9.17) is 4.74 Å². The van der Waals surface area contributed by atoms with Crippen molar-refractivity contribution in [2.75, 3.05) is 13.2 Å². The van der Waals surface area contributed by atoms with E-state index in [0.29, 0.717) is 6.54 Å². The van der Waals surface area contributed by atoms with Gasteiger partial charge in [0.1, 0.15) is 0 Å². The van der Waals surface area contributed by atoms with Crippen molar-refractivity contribution in [3.05, 3.63) is 28.7 Å². The van der Waals surface area contributed by atoms with E-state index in [0.717, 1.165) is 23.9 Å². The van der Waals surface area contributed by atoms with Crippen molar-refractivity contribution in [2.45, 2.75) is 23.8 Å². The highest BCUT2D eigenvalue weighted by molar-refractivity contribution is 9.10. The molecule has 6 heteroatoms. The third-order valence-corrected chi connectivity index (χ3v) is 4.62. The molecule has 2 rings (SSSR count). The normalized spacial score (nSPS) is 20.6. The molecule has 4 nitrogen and oxygen atoms in total. The summed E-state index contributed by atoms with van der Waals surface area (Å²) in [5, 5.41) is 0. The van der Waals surface area contributed by atoms with E-state index in [1.165, 1.54) is 0 Å². The second-order valence-electron chi connectivity index (χ2n) is 3.94. The number of hydrogen-bond acceptors (Lipinski definition) is 3. The topological polar surface area (TPSA) is 55.4 Å². The molecule has 0 bridgehead atoms. The predicted molar refractivity (Wildman–Crippen MR) is 68.3 cm³/mol. The molecule has 1 atom stereocenters. The third-order valence-electron chi connectivity index (χ3n) is 2.65. The average molecular weight is 320 g/mol. The van der Waals surface area contributed by atoms with Crippen molar-refractivity contribution in [3.63, 3.8) is 0 Å². The Balaban J connectivity index is 2.00. The van der Waals surface area contributed by atoms with E-state index in [1.54, 1.807) is 24.3 Å². The molecule has 0 aliphatic carbocycles. The monoisotopic (exact) mass is 319 g/mol. The van der Waals surface area contributed by atoms with Crippen LogP contribution in [-0.2, 0) is 14.8 Å². The van der Waals surface area contributed by atoms with Gasteiger partial charge < -0.3 is 4.74 Å². The maximum atomic E-state index is 11.9. The Hall–Kier alpha value is -0.430. The summed E-state index contributed by atoms with van der Waals surface area (Å²) in [4.78, 5) is 0.277. The van der Waals surface area contributed by atoms with Crippen LogP contribution in [0.4, 0.5) is 0 Å². The Kier molecular flexibility index (Phi) is 4.19. The van der Waals surface area contributed by atoms with E-state index in [1.807, 2.05) is 0 Å². The Bertz CT molecular complexity index is 466. The van der Waals surface area contributed by atoms with Gasteiger partial charge in [-0.3, -0.25) is 0 Å². The summed E-state index contributed by atoms with van der Waals surface area (Å²) in [5.41, 5.74) is 0. The van der Waals surface area contributed by atoms with Gasteiger partial charge in [-0.05, 0) is 37.1 Å². The van der Waals surface area contributed by atoms with Gasteiger partial charge in [-0.25, -0.2) is 13.1 Å². The molecule has 1 aliphatic rings. The average Bonchev–Trinajstić information content (AvgIpc) is 2.80. The Morgan fingerprint density at radius 2 is 2.06 bits per heavy atom. The first kappa shape index (κ1) is 13.0. The number of hydrogen-bond donors (Lipinski definition) is 1. The smallest absolute Gasteiger partial charge is 0.240 e. The molecule has 0 aromatic heterocycles. The van der Waals surface area contributed by atoms with Gasteiger partial charge in [0.05, 0.1) is 11.0 Å². The first-order valence-electron chi connectivity index (χ1n) is 5.45. The van der Waals surface area contributed by atoms with Crippen LogP contribution in [0.5, 0.6) is 0 Å². The summed E-state index contributed by atoms with van der Waals surface area (Å²) in [5.74, 6) is 0. The van der Waals surface area contributed by atoms with E-state index in [9.17, 15) is 8.42 Å². The lowest BCUT2D eigenvalue weighted by Crippen LogP contribution is -2.31. The number of ether oxygens (including phenoxy) is 1. The fraction of sp³-hybridized carbons (Fsp3) is 0.455. The fourth-order valence-corrected chi connectivity index (χ4v) is 3.04. The van der Waals surface area contributed by atoms with Crippen LogP contribution >= 0.6 is 15.9 Å². The minimum Gasteiger partial charge on any atom is -0.377 e. The van der Waals surface area contributed by atoms with E-state index in [-0.39, 0.29) is 11.0 Å². The van der Waals surface area contributed by atoms with Crippen molar-refractivity contribution >= 4 is 26.0 Å². The molecule has 1 fully saturated rings. The first-order chi connectivity index (χ1) is 8.08. The Morgan fingerprint density at radius 1 is 1.35 bits per heavy atom. The molecule has 94 valence electrons. The van der Waals surface area contributed by atoms with E-state index < -0.39 is 10.0 Å². The standard InChI is InChI=1S/C11H14BrNO3S/c12-9-3-5-11(6-4-9)17(14,15)13-8-10-2-1-7-16-10/h3-6,10,13H,1-2,7-8H2/t10-/m1/s1. The van der Waals surface area contributed by atoms with Gasteiger partial charge in [-0.15, -0.1) is 0 Å². The van der Waals surface area contributed by atoms with Crippen LogP contribution in [0, 0.1) is 0 Å². The number of sulfonamides is 1. The molecule has 1 N–H and O–H groups in total. The summed E-state index contributed by atoms with van der Waals surface area (Å²) in [6, 6.07) is 6.56. The molecule has 1 aliphatic heterocycles. The molecule has 0 saturated carbocycles. The van der Waals surface area contributed by atoms with Crippen LogP contribution in [0.1, 0.15) is 12.8 Å². The molecular weight excluding hydrogens is 306 g/mol. The van der Waals surface area contributed by atoms with Gasteiger partial charge in [0.15, 0.2) is 0 Å². The molecule has 1 aromatic rings. The molecule has 17 heavy (non-hydrogen) atoms. The van der Waals surface area contributed by atoms with Crippen molar-refractivity contribution < 1.29 is 13.2 Å². The number of halogens is 1. The molecule has 1 heterocycles. The minimum absolute atomic E-state index is 0.0141. The maximum absolute atomic E-state index is 11.9. The summed E-state index contributed by atoms with van der Waals surface area (Å²) >= 11 is 3.27. The number of rotatable bonds is 4. The fourth-order valence-electron chi connectivity index (χ4n) is 1.71. The van der Waals surface area contributed by atoms with Crippen LogP contribution in [0.25, 0.3) is 0 Å². The highest BCUT2D eigenvalue weighted by Gasteiger charge is 2.19. The molecular formula is C11H14BrNO3S. The first-order valence-corrected chi connectivity index (χ1v) is 7.72. The van der Waals surface area contributed by atoms with Crippen LogP contribution in [0.3, 0.4) is 0 Å².